The molecule has 2 nitrogen and oxygen atoms in total. The van der Waals surface area contributed by atoms with Crippen molar-refractivity contribution in [2.24, 2.45) is 0 Å². The van der Waals surface area contributed by atoms with E-state index in [4.69, 9.17) is 0 Å². The van der Waals surface area contributed by atoms with Crippen molar-refractivity contribution < 1.29 is 0 Å². The van der Waals surface area contributed by atoms with Crippen molar-refractivity contribution in [2.45, 2.75) is 26.8 Å². The smallest absolute Gasteiger partial charge is 0.0332 e. The maximum Gasteiger partial charge on any atom is 0.0332 e. The molecule has 1 aromatic heterocycles. The van der Waals surface area contributed by atoms with Gasteiger partial charge in [0.1, 0.15) is 0 Å². The molecular weight excluding hydrogens is 160 g/mol. The average Bonchev–Trinajstić information content (AvgIpc) is 2.15. The molecule has 0 fully saturated rings. The minimum Gasteiger partial charge on any atom is -0.300 e. The summed E-state index contributed by atoms with van der Waals surface area (Å²) in [6, 6.07) is 2.65. The van der Waals surface area contributed by atoms with Crippen LogP contribution in [-0.2, 0) is 0 Å². The SMILES string of the molecule is CCN(C)C(C)c1cncc(C)c1. The first-order valence-corrected chi connectivity index (χ1v) is 4.77. The van der Waals surface area contributed by atoms with Crippen LogP contribution in [0.1, 0.15) is 31.0 Å². The van der Waals surface area contributed by atoms with Gasteiger partial charge in [-0.05, 0) is 38.6 Å². The third kappa shape index (κ3) is 2.52. The lowest BCUT2D eigenvalue weighted by Gasteiger charge is -2.23. The van der Waals surface area contributed by atoms with Gasteiger partial charge in [-0.1, -0.05) is 13.0 Å². The van der Waals surface area contributed by atoms with Gasteiger partial charge in [-0.2, -0.15) is 0 Å². The molecule has 72 valence electrons. The molecule has 0 N–H and O–H groups in total. The lowest BCUT2D eigenvalue weighted by atomic mass is 10.1. The van der Waals surface area contributed by atoms with Crippen molar-refractivity contribution in [1.29, 1.82) is 0 Å². The summed E-state index contributed by atoms with van der Waals surface area (Å²) in [5.74, 6) is 0. The molecule has 2 heteroatoms. The Morgan fingerprint density at radius 1 is 1.46 bits per heavy atom. The molecule has 0 spiro atoms. The summed E-state index contributed by atoms with van der Waals surface area (Å²) in [5, 5.41) is 0. The molecule has 0 amide bonds. The van der Waals surface area contributed by atoms with Gasteiger partial charge in [-0.3, -0.25) is 9.88 Å². The summed E-state index contributed by atoms with van der Waals surface area (Å²) >= 11 is 0. The molecule has 0 radical (unpaired) electrons. The third-order valence-corrected chi connectivity index (χ3v) is 2.54. The van der Waals surface area contributed by atoms with E-state index < -0.39 is 0 Å². The molecule has 1 rings (SSSR count). The van der Waals surface area contributed by atoms with E-state index in [-0.39, 0.29) is 0 Å². The Balaban J connectivity index is 2.82. The normalized spacial score (nSPS) is 13.3. The monoisotopic (exact) mass is 178 g/mol. The minimum absolute atomic E-state index is 0.456. The lowest BCUT2D eigenvalue weighted by Crippen LogP contribution is -2.21. The zero-order chi connectivity index (χ0) is 9.84. The fraction of sp³-hybridized carbons (Fsp3) is 0.545. The Morgan fingerprint density at radius 3 is 2.69 bits per heavy atom. The molecular formula is C11H18N2. The van der Waals surface area contributed by atoms with Crippen molar-refractivity contribution in [2.75, 3.05) is 13.6 Å². The van der Waals surface area contributed by atoms with Crippen LogP contribution in [0.25, 0.3) is 0 Å². The van der Waals surface area contributed by atoms with Crippen molar-refractivity contribution >= 4 is 0 Å². The van der Waals surface area contributed by atoms with Crippen LogP contribution in [0, 0.1) is 6.92 Å². The maximum atomic E-state index is 4.20. The maximum absolute atomic E-state index is 4.20. The average molecular weight is 178 g/mol. The van der Waals surface area contributed by atoms with Crippen molar-refractivity contribution in [3.05, 3.63) is 29.6 Å². The van der Waals surface area contributed by atoms with Crippen LogP contribution in [0.2, 0.25) is 0 Å². The number of aromatic nitrogens is 1. The summed E-state index contributed by atoms with van der Waals surface area (Å²) in [4.78, 5) is 6.50. The first-order chi connectivity index (χ1) is 6.15. The highest BCUT2D eigenvalue weighted by molar-refractivity contribution is 5.19. The molecule has 0 saturated carbocycles. The van der Waals surface area contributed by atoms with Gasteiger partial charge < -0.3 is 0 Å². The standard InChI is InChI=1S/C11H18N2/c1-5-13(4)10(3)11-6-9(2)7-12-8-11/h6-8,10H,5H2,1-4H3. The van der Waals surface area contributed by atoms with Crippen LogP contribution in [0.4, 0.5) is 0 Å². The second kappa shape index (κ2) is 4.38. The molecule has 1 aromatic rings. The van der Waals surface area contributed by atoms with E-state index in [0.717, 1.165) is 6.54 Å². The van der Waals surface area contributed by atoms with Gasteiger partial charge in [0, 0.05) is 18.4 Å². The highest BCUT2D eigenvalue weighted by Crippen LogP contribution is 2.17. The van der Waals surface area contributed by atoms with Crippen LogP contribution < -0.4 is 0 Å². The summed E-state index contributed by atoms with van der Waals surface area (Å²) in [7, 11) is 2.13. The molecule has 0 aromatic carbocycles. The Kier molecular flexibility index (Phi) is 3.43. The largest absolute Gasteiger partial charge is 0.300 e. The van der Waals surface area contributed by atoms with Crippen molar-refractivity contribution in [1.82, 2.24) is 9.88 Å². The van der Waals surface area contributed by atoms with E-state index in [1.165, 1.54) is 11.1 Å². The van der Waals surface area contributed by atoms with Gasteiger partial charge in [0.25, 0.3) is 0 Å². The first-order valence-electron chi connectivity index (χ1n) is 4.77. The van der Waals surface area contributed by atoms with Crippen LogP contribution in [0.5, 0.6) is 0 Å². The number of rotatable bonds is 3. The van der Waals surface area contributed by atoms with Gasteiger partial charge >= 0.3 is 0 Å². The second-order valence-electron chi connectivity index (χ2n) is 3.54. The highest BCUT2D eigenvalue weighted by atomic mass is 15.1. The summed E-state index contributed by atoms with van der Waals surface area (Å²) in [6.07, 6.45) is 3.84. The molecule has 0 bridgehead atoms. The zero-order valence-electron chi connectivity index (χ0n) is 8.91. The van der Waals surface area contributed by atoms with E-state index in [9.17, 15) is 0 Å². The van der Waals surface area contributed by atoms with Crippen LogP contribution in [0.3, 0.4) is 0 Å². The number of nitrogens with zero attached hydrogens (tertiary/aromatic N) is 2. The van der Waals surface area contributed by atoms with E-state index >= 15 is 0 Å². The Morgan fingerprint density at radius 2 is 2.15 bits per heavy atom. The van der Waals surface area contributed by atoms with Gasteiger partial charge in [-0.25, -0.2) is 0 Å². The van der Waals surface area contributed by atoms with Crippen molar-refractivity contribution in [3.8, 4) is 0 Å². The number of hydrogen-bond donors (Lipinski definition) is 0. The van der Waals surface area contributed by atoms with Crippen LogP contribution in [0.15, 0.2) is 18.5 Å². The number of hydrogen-bond acceptors (Lipinski definition) is 2. The van der Waals surface area contributed by atoms with E-state index in [1.807, 2.05) is 12.4 Å². The highest BCUT2D eigenvalue weighted by Gasteiger charge is 2.09. The van der Waals surface area contributed by atoms with E-state index in [1.54, 1.807) is 0 Å². The van der Waals surface area contributed by atoms with Crippen LogP contribution in [-0.4, -0.2) is 23.5 Å². The summed E-state index contributed by atoms with van der Waals surface area (Å²) in [5.41, 5.74) is 2.53. The minimum atomic E-state index is 0.456. The van der Waals surface area contributed by atoms with Gasteiger partial charge in [0.15, 0.2) is 0 Å². The van der Waals surface area contributed by atoms with Crippen molar-refractivity contribution in [3.63, 3.8) is 0 Å². The second-order valence-corrected chi connectivity index (χ2v) is 3.54. The third-order valence-electron chi connectivity index (χ3n) is 2.54. The Hall–Kier alpha value is -0.890. The van der Waals surface area contributed by atoms with Gasteiger partial charge in [0.2, 0.25) is 0 Å². The Labute approximate surface area is 80.6 Å². The predicted molar refractivity (Wildman–Crippen MR) is 55.7 cm³/mol. The summed E-state index contributed by atoms with van der Waals surface area (Å²) < 4.78 is 0. The summed E-state index contributed by atoms with van der Waals surface area (Å²) in [6.45, 7) is 7.52. The van der Waals surface area contributed by atoms with Gasteiger partial charge in [0.05, 0.1) is 0 Å². The first kappa shape index (κ1) is 10.2. The predicted octanol–water partition coefficient (Wildman–Crippen LogP) is 2.40. The van der Waals surface area contributed by atoms with Gasteiger partial charge in [-0.15, -0.1) is 0 Å². The van der Waals surface area contributed by atoms with E-state index in [0.29, 0.717) is 6.04 Å². The zero-order valence-corrected chi connectivity index (χ0v) is 8.91. The quantitative estimate of drug-likeness (QED) is 0.706. The molecule has 1 heterocycles. The molecule has 0 aliphatic heterocycles. The molecule has 1 atom stereocenters. The number of aryl methyl sites for hydroxylation is 1. The lowest BCUT2D eigenvalue weighted by molar-refractivity contribution is 0.275. The van der Waals surface area contributed by atoms with E-state index in [2.05, 4.69) is 43.8 Å². The topological polar surface area (TPSA) is 16.1 Å². The molecule has 1 unspecified atom stereocenters. The molecule has 13 heavy (non-hydrogen) atoms. The molecule has 0 aliphatic carbocycles. The number of pyridine rings is 1. The Bertz CT molecular complexity index is 271. The molecule has 0 aliphatic rings. The van der Waals surface area contributed by atoms with Crippen LogP contribution >= 0.6 is 0 Å². The fourth-order valence-corrected chi connectivity index (χ4v) is 1.34. The molecule has 0 saturated heterocycles. The fourth-order valence-electron chi connectivity index (χ4n) is 1.34.